The van der Waals surface area contributed by atoms with Gasteiger partial charge in [-0.2, -0.15) is 0 Å². The molecule has 0 saturated carbocycles. The molecule has 136 valence electrons. The normalized spacial score (nSPS) is 10.1. The van der Waals surface area contributed by atoms with Crippen molar-refractivity contribution < 1.29 is 14.3 Å². The van der Waals surface area contributed by atoms with E-state index < -0.39 is 5.91 Å². The molecule has 0 heterocycles. The Kier molecular flexibility index (Phi) is 5.84. The number of rotatable bonds is 6. The zero-order valence-electron chi connectivity index (χ0n) is 14.9. The second kappa shape index (κ2) is 8.67. The molecule has 3 aromatic carbocycles. The summed E-state index contributed by atoms with van der Waals surface area (Å²) >= 11 is 0. The van der Waals surface area contributed by atoms with Gasteiger partial charge in [-0.1, -0.05) is 48.0 Å². The van der Waals surface area contributed by atoms with Crippen LogP contribution in [0.15, 0.2) is 78.9 Å². The molecule has 2 amide bonds. The van der Waals surface area contributed by atoms with Crippen molar-refractivity contribution in [2.75, 3.05) is 10.6 Å². The second-order valence-electron chi connectivity index (χ2n) is 6.05. The molecule has 2 N–H and O–H groups in total. The number of amides is 2. The van der Waals surface area contributed by atoms with E-state index in [0.29, 0.717) is 22.9 Å². The Morgan fingerprint density at radius 3 is 2.15 bits per heavy atom. The molecule has 0 unspecified atom stereocenters. The van der Waals surface area contributed by atoms with Crippen LogP contribution < -0.4 is 15.4 Å². The number of ether oxygens (including phenoxy) is 1. The summed E-state index contributed by atoms with van der Waals surface area (Å²) in [7, 11) is 0. The average molecular weight is 360 g/mol. The van der Waals surface area contributed by atoms with Gasteiger partial charge in [-0.15, -0.1) is 0 Å². The fourth-order valence-electron chi connectivity index (χ4n) is 2.46. The molecule has 0 fully saturated rings. The maximum absolute atomic E-state index is 12.2. The van der Waals surface area contributed by atoms with E-state index in [2.05, 4.69) is 10.6 Å². The summed E-state index contributed by atoms with van der Waals surface area (Å²) in [5.41, 5.74) is 2.27. The molecule has 0 saturated heterocycles. The SMILES string of the molecule is Cc1ccc(NC(=O)CC(=O)Nc2ccccc2Oc2ccccc2)cc1. The van der Waals surface area contributed by atoms with E-state index in [1.165, 1.54) is 0 Å². The Bertz CT molecular complexity index is 922. The summed E-state index contributed by atoms with van der Waals surface area (Å²) in [5.74, 6) is 0.383. The van der Waals surface area contributed by atoms with Crippen LogP contribution in [0.3, 0.4) is 0 Å². The average Bonchev–Trinajstić information content (AvgIpc) is 2.66. The quantitative estimate of drug-likeness (QED) is 0.623. The van der Waals surface area contributed by atoms with Gasteiger partial charge in [0.15, 0.2) is 5.75 Å². The van der Waals surface area contributed by atoms with Crippen LogP contribution in [-0.4, -0.2) is 11.8 Å². The number of anilines is 2. The minimum absolute atomic E-state index is 0.284. The molecule has 0 spiro atoms. The third kappa shape index (κ3) is 5.44. The van der Waals surface area contributed by atoms with Gasteiger partial charge in [0.05, 0.1) is 5.69 Å². The Morgan fingerprint density at radius 2 is 1.41 bits per heavy atom. The first-order valence-electron chi connectivity index (χ1n) is 8.58. The summed E-state index contributed by atoms with van der Waals surface area (Å²) in [6, 6.07) is 23.8. The van der Waals surface area contributed by atoms with E-state index in [1.54, 1.807) is 30.3 Å². The molecule has 0 aliphatic carbocycles. The van der Waals surface area contributed by atoms with Gasteiger partial charge in [0.25, 0.3) is 0 Å². The van der Waals surface area contributed by atoms with Crippen molar-refractivity contribution >= 4 is 23.2 Å². The predicted molar refractivity (Wildman–Crippen MR) is 106 cm³/mol. The first-order chi connectivity index (χ1) is 13.1. The molecule has 0 bridgehead atoms. The monoisotopic (exact) mass is 360 g/mol. The maximum atomic E-state index is 12.2. The number of para-hydroxylation sites is 3. The van der Waals surface area contributed by atoms with Crippen LogP contribution >= 0.6 is 0 Å². The van der Waals surface area contributed by atoms with Crippen LogP contribution in [-0.2, 0) is 9.59 Å². The van der Waals surface area contributed by atoms with Gasteiger partial charge in [-0.05, 0) is 43.3 Å². The summed E-state index contributed by atoms with van der Waals surface area (Å²) in [6.45, 7) is 1.97. The van der Waals surface area contributed by atoms with Gasteiger partial charge in [0.2, 0.25) is 11.8 Å². The summed E-state index contributed by atoms with van der Waals surface area (Å²) in [6.07, 6.45) is -0.284. The van der Waals surface area contributed by atoms with Crippen molar-refractivity contribution in [3.63, 3.8) is 0 Å². The molecule has 3 aromatic rings. The first-order valence-corrected chi connectivity index (χ1v) is 8.58. The summed E-state index contributed by atoms with van der Waals surface area (Å²) in [4.78, 5) is 24.3. The van der Waals surface area contributed by atoms with Crippen molar-refractivity contribution in [2.45, 2.75) is 13.3 Å². The molecule has 5 nitrogen and oxygen atoms in total. The highest BCUT2D eigenvalue weighted by molar-refractivity contribution is 6.08. The molecule has 5 heteroatoms. The van der Waals surface area contributed by atoms with Crippen LogP contribution in [0.1, 0.15) is 12.0 Å². The van der Waals surface area contributed by atoms with Crippen LogP contribution in [0.5, 0.6) is 11.5 Å². The van der Waals surface area contributed by atoms with Gasteiger partial charge in [0.1, 0.15) is 12.2 Å². The zero-order valence-corrected chi connectivity index (χ0v) is 14.9. The number of carbonyl (C=O) groups excluding carboxylic acids is 2. The van der Waals surface area contributed by atoms with Crippen molar-refractivity contribution in [2.24, 2.45) is 0 Å². The topological polar surface area (TPSA) is 67.4 Å². The van der Waals surface area contributed by atoms with E-state index in [1.807, 2.05) is 55.5 Å². The number of benzene rings is 3. The highest BCUT2D eigenvalue weighted by Crippen LogP contribution is 2.29. The van der Waals surface area contributed by atoms with E-state index in [0.717, 1.165) is 5.56 Å². The molecule has 0 atom stereocenters. The maximum Gasteiger partial charge on any atom is 0.233 e. The van der Waals surface area contributed by atoms with E-state index in [9.17, 15) is 9.59 Å². The lowest BCUT2D eigenvalue weighted by atomic mass is 10.2. The van der Waals surface area contributed by atoms with Crippen LogP contribution in [0.2, 0.25) is 0 Å². The number of hydrogen-bond acceptors (Lipinski definition) is 3. The molecule has 27 heavy (non-hydrogen) atoms. The fraction of sp³-hybridized carbons (Fsp3) is 0.0909. The van der Waals surface area contributed by atoms with Gasteiger partial charge in [-0.25, -0.2) is 0 Å². The number of aryl methyl sites for hydroxylation is 1. The Morgan fingerprint density at radius 1 is 0.778 bits per heavy atom. The molecular formula is C22H20N2O3. The van der Waals surface area contributed by atoms with E-state index >= 15 is 0 Å². The van der Waals surface area contributed by atoms with Gasteiger partial charge in [0, 0.05) is 5.69 Å². The lowest BCUT2D eigenvalue weighted by molar-refractivity contribution is -0.123. The summed E-state index contributed by atoms with van der Waals surface area (Å²) < 4.78 is 5.81. The third-order valence-electron chi connectivity index (χ3n) is 3.79. The molecule has 0 aliphatic rings. The van der Waals surface area contributed by atoms with E-state index in [4.69, 9.17) is 4.74 Å². The lowest BCUT2D eigenvalue weighted by Gasteiger charge is -2.12. The van der Waals surface area contributed by atoms with Crippen molar-refractivity contribution in [3.8, 4) is 11.5 Å². The highest BCUT2D eigenvalue weighted by atomic mass is 16.5. The van der Waals surface area contributed by atoms with Crippen molar-refractivity contribution in [3.05, 3.63) is 84.4 Å². The smallest absolute Gasteiger partial charge is 0.233 e. The van der Waals surface area contributed by atoms with E-state index in [-0.39, 0.29) is 12.3 Å². The summed E-state index contributed by atoms with van der Waals surface area (Å²) in [5, 5.41) is 5.44. The zero-order chi connectivity index (χ0) is 19.1. The van der Waals surface area contributed by atoms with Crippen molar-refractivity contribution in [1.29, 1.82) is 0 Å². The molecule has 0 aromatic heterocycles. The molecular weight excluding hydrogens is 340 g/mol. The highest BCUT2D eigenvalue weighted by Gasteiger charge is 2.13. The van der Waals surface area contributed by atoms with Crippen LogP contribution in [0, 0.1) is 6.92 Å². The minimum atomic E-state index is -0.413. The number of carbonyl (C=O) groups is 2. The lowest BCUT2D eigenvalue weighted by Crippen LogP contribution is -2.21. The Labute approximate surface area is 158 Å². The minimum Gasteiger partial charge on any atom is -0.455 e. The van der Waals surface area contributed by atoms with Gasteiger partial charge < -0.3 is 15.4 Å². The third-order valence-corrected chi connectivity index (χ3v) is 3.79. The molecule has 0 aliphatic heterocycles. The number of hydrogen-bond donors (Lipinski definition) is 2. The standard InChI is InChI=1S/C22H20N2O3/c1-16-11-13-17(14-12-16)23-21(25)15-22(26)24-19-9-5-6-10-20(19)27-18-7-3-2-4-8-18/h2-14H,15H2,1H3,(H,23,25)(H,24,26). The Balaban J connectivity index is 1.60. The predicted octanol–water partition coefficient (Wildman–Crippen LogP) is 4.75. The largest absolute Gasteiger partial charge is 0.455 e. The fourth-order valence-corrected chi connectivity index (χ4v) is 2.46. The number of nitrogens with one attached hydrogen (secondary N) is 2. The van der Waals surface area contributed by atoms with Gasteiger partial charge in [-0.3, -0.25) is 9.59 Å². The van der Waals surface area contributed by atoms with Gasteiger partial charge >= 0.3 is 0 Å². The first kappa shape index (κ1) is 18.2. The van der Waals surface area contributed by atoms with Crippen LogP contribution in [0.25, 0.3) is 0 Å². The van der Waals surface area contributed by atoms with Crippen molar-refractivity contribution in [1.82, 2.24) is 0 Å². The molecule has 0 radical (unpaired) electrons. The molecule has 3 rings (SSSR count). The second-order valence-corrected chi connectivity index (χ2v) is 6.05. The Hall–Kier alpha value is -3.60. The van der Waals surface area contributed by atoms with Crippen LogP contribution in [0.4, 0.5) is 11.4 Å².